The normalized spacial score (nSPS) is 17.7. The van der Waals surface area contributed by atoms with Crippen LogP contribution in [-0.4, -0.2) is 82.8 Å². The number of amides is 3. The van der Waals surface area contributed by atoms with Crippen LogP contribution in [0.15, 0.2) is 24.3 Å². The summed E-state index contributed by atoms with van der Waals surface area (Å²) in [5.74, 6) is 1.28. The number of fused-ring (bicyclic) bond motifs is 4. The third-order valence-electron chi connectivity index (χ3n) is 8.01. The van der Waals surface area contributed by atoms with Crippen molar-refractivity contribution in [3.8, 4) is 17.4 Å². The number of hydrogen-bond acceptors (Lipinski definition) is 9. The molecule has 240 valence electrons. The van der Waals surface area contributed by atoms with Crippen molar-refractivity contribution in [3.63, 3.8) is 0 Å². The van der Waals surface area contributed by atoms with Crippen LogP contribution in [0.1, 0.15) is 76.4 Å². The molecule has 2 aliphatic rings. The Bertz CT molecular complexity index is 1570. The maximum Gasteiger partial charge on any atom is 0.259 e. The van der Waals surface area contributed by atoms with Gasteiger partial charge in [-0.1, -0.05) is 13.8 Å². The predicted octanol–water partition coefficient (Wildman–Crippen LogP) is 2.66. The van der Waals surface area contributed by atoms with Crippen molar-refractivity contribution in [2.75, 3.05) is 40.5 Å². The SMILES string of the molecule is COc1ccc2cc1OCCn1nc(C)nc1[C@H](C(C)C)NC(=O)CN(C(=O)c1cc3c(nc1OC)CCC3)CCCNC2=O. The summed E-state index contributed by atoms with van der Waals surface area (Å²) in [6, 6.07) is 6.37. The number of aromatic nitrogens is 4. The molecular formula is C32H41N7O6. The first-order chi connectivity index (χ1) is 21.7. The van der Waals surface area contributed by atoms with E-state index in [4.69, 9.17) is 14.2 Å². The van der Waals surface area contributed by atoms with Crippen molar-refractivity contribution >= 4 is 17.7 Å². The highest BCUT2D eigenvalue weighted by Gasteiger charge is 2.29. The summed E-state index contributed by atoms with van der Waals surface area (Å²) in [5, 5.41) is 10.5. The first-order valence-corrected chi connectivity index (χ1v) is 15.3. The number of rotatable bonds is 4. The van der Waals surface area contributed by atoms with Crippen molar-refractivity contribution in [1.82, 2.24) is 35.3 Å². The average Bonchev–Trinajstić information content (AvgIpc) is 3.64. The van der Waals surface area contributed by atoms with Gasteiger partial charge in [0.05, 0.1) is 33.4 Å². The standard InChI is InChI=1S/C32H41N7O6/c1-19(2)28-29-34-20(3)37-39(29)14-15-45-26-17-22(10-11-25(26)43-4)30(41)33-12-7-13-38(18-27(40)36-28)32(42)23-16-21-8-6-9-24(21)35-31(23)44-5/h10-11,16-17,19,28H,6-9,12-15,18H2,1-5H3,(H,33,41)(H,36,40)/t28-/m0/s1. The number of methoxy groups -OCH3 is 2. The third-order valence-corrected chi connectivity index (χ3v) is 8.01. The van der Waals surface area contributed by atoms with Gasteiger partial charge in [0.1, 0.15) is 23.8 Å². The fourth-order valence-corrected chi connectivity index (χ4v) is 5.72. The Morgan fingerprint density at radius 1 is 1.07 bits per heavy atom. The van der Waals surface area contributed by atoms with Gasteiger partial charge in [-0.05, 0) is 68.4 Å². The van der Waals surface area contributed by atoms with E-state index in [9.17, 15) is 14.4 Å². The first kappa shape index (κ1) is 31.7. The molecule has 0 fully saturated rings. The zero-order chi connectivity index (χ0) is 32.1. The quantitative estimate of drug-likeness (QED) is 0.449. The number of carbonyl (C=O) groups excluding carboxylic acids is 3. The number of benzene rings is 1. The summed E-state index contributed by atoms with van der Waals surface area (Å²) >= 11 is 0. The molecule has 1 atom stereocenters. The van der Waals surface area contributed by atoms with Crippen LogP contribution in [0.4, 0.5) is 0 Å². The van der Waals surface area contributed by atoms with E-state index >= 15 is 0 Å². The summed E-state index contributed by atoms with van der Waals surface area (Å²) in [6.07, 6.45) is 3.06. The van der Waals surface area contributed by atoms with Gasteiger partial charge < -0.3 is 29.7 Å². The molecule has 3 aromatic rings. The molecule has 2 aromatic heterocycles. The van der Waals surface area contributed by atoms with Gasteiger partial charge in [0.25, 0.3) is 11.8 Å². The van der Waals surface area contributed by atoms with E-state index in [1.165, 1.54) is 19.1 Å². The number of nitrogens with one attached hydrogen (secondary N) is 2. The van der Waals surface area contributed by atoms with Crippen LogP contribution in [0.5, 0.6) is 17.4 Å². The fraction of sp³-hybridized carbons (Fsp3) is 0.500. The maximum atomic E-state index is 14.0. The van der Waals surface area contributed by atoms with Crippen LogP contribution < -0.4 is 24.8 Å². The van der Waals surface area contributed by atoms with Gasteiger partial charge in [0, 0.05) is 24.3 Å². The van der Waals surface area contributed by atoms with Crippen LogP contribution in [0.3, 0.4) is 0 Å². The maximum absolute atomic E-state index is 14.0. The van der Waals surface area contributed by atoms with Crippen molar-refractivity contribution < 1.29 is 28.6 Å². The minimum atomic E-state index is -0.470. The first-order valence-electron chi connectivity index (χ1n) is 15.3. The molecule has 1 aliphatic carbocycles. The number of hydrogen-bond donors (Lipinski definition) is 2. The van der Waals surface area contributed by atoms with Crippen LogP contribution in [-0.2, 0) is 24.2 Å². The van der Waals surface area contributed by atoms with Gasteiger partial charge in [0.15, 0.2) is 11.5 Å². The lowest BCUT2D eigenvalue weighted by Crippen LogP contribution is -2.44. The number of aryl methyl sites for hydroxylation is 3. The molecule has 45 heavy (non-hydrogen) atoms. The van der Waals surface area contributed by atoms with E-state index in [0.717, 1.165) is 30.5 Å². The highest BCUT2D eigenvalue weighted by Crippen LogP contribution is 2.29. The molecule has 13 nitrogen and oxygen atoms in total. The Kier molecular flexibility index (Phi) is 9.84. The fourth-order valence-electron chi connectivity index (χ4n) is 5.72. The second kappa shape index (κ2) is 14.0. The van der Waals surface area contributed by atoms with Crippen molar-refractivity contribution in [1.29, 1.82) is 0 Å². The Balaban J connectivity index is 1.47. The smallest absolute Gasteiger partial charge is 0.259 e. The van der Waals surface area contributed by atoms with E-state index in [1.54, 1.807) is 29.8 Å². The summed E-state index contributed by atoms with van der Waals surface area (Å²) in [5.41, 5.74) is 2.69. The zero-order valence-corrected chi connectivity index (χ0v) is 26.5. The molecule has 0 saturated heterocycles. The Morgan fingerprint density at radius 2 is 1.89 bits per heavy atom. The molecule has 3 amide bonds. The Morgan fingerprint density at radius 3 is 2.64 bits per heavy atom. The minimum absolute atomic E-state index is 0.0278. The van der Waals surface area contributed by atoms with Gasteiger partial charge in [-0.3, -0.25) is 14.4 Å². The van der Waals surface area contributed by atoms with Crippen molar-refractivity contribution in [3.05, 3.63) is 58.3 Å². The van der Waals surface area contributed by atoms with Gasteiger partial charge in [-0.2, -0.15) is 5.10 Å². The average molecular weight is 620 g/mol. The van der Waals surface area contributed by atoms with Gasteiger partial charge in [0.2, 0.25) is 11.8 Å². The Labute approximate surface area is 262 Å². The molecule has 1 aliphatic heterocycles. The molecule has 0 radical (unpaired) electrons. The second-order valence-corrected chi connectivity index (χ2v) is 11.6. The number of carbonyl (C=O) groups is 3. The third kappa shape index (κ3) is 7.18. The zero-order valence-electron chi connectivity index (χ0n) is 26.5. The van der Waals surface area contributed by atoms with E-state index in [-0.39, 0.29) is 55.8 Å². The van der Waals surface area contributed by atoms with E-state index < -0.39 is 6.04 Å². The molecule has 0 spiro atoms. The summed E-state index contributed by atoms with van der Waals surface area (Å²) < 4.78 is 18.7. The van der Waals surface area contributed by atoms with Crippen molar-refractivity contribution in [2.24, 2.45) is 5.92 Å². The lowest BCUT2D eigenvalue weighted by molar-refractivity contribution is -0.123. The molecule has 5 rings (SSSR count). The molecule has 13 heteroatoms. The molecule has 0 unspecified atom stereocenters. The Hall–Kier alpha value is -4.68. The van der Waals surface area contributed by atoms with E-state index in [1.807, 2.05) is 19.9 Å². The summed E-state index contributed by atoms with van der Waals surface area (Å²) in [6.45, 7) is 6.62. The van der Waals surface area contributed by atoms with Crippen LogP contribution in [0.25, 0.3) is 0 Å². The van der Waals surface area contributed by atoms with Gasteiger partial charge >= 0.3 is 0 Å². The summed E-state index contributed by atoms with van der Waals surface area (Å²) in [4.78, 5) is 51.4. The van der Waals surface area contributed by atoms with Crippen LogP contribution >= 0.6 is 0 Å². The largest absolute Gasteiger partial charge is 0.493 e. The molecule has 3 heterocycles. The lowest BCUT2D eigenvalue weighted by atomic mass is 10.0. The van der Waals surface area contributed by atoms with Gasteiger partial charge in [-0.25, -0.2) is 14.6 Å². The topological polar surface area (TPSA) is 150 Å². The van der Waals surface area contributed by atoms with E-state index in [0.29, 0.717) is 47.2 Å². The second-order valence-electron chi connectivity index (χ2n) is 11.6. The lowest BCUT2D eigenvalue weighted by Gasteiger charge is -2.26. The number of ether oxygens (including phenoxy) is 3. The minimum Gasteiger partial charge on any atom is -0.493 e. The molecule has 0 saturated carbocycles. The summed E-state index contributed by atoms with van der Waals surface area (Å²) in [7, 11) is 3.03. The highest BCUT2D eigenvalue weighted by molar-refractivity contribution is 5.98. The number of pyridine rings is 1. The molecule has 1 aromatic carbocycles. The number of nitrogens with zero attached hydrogens (tertiary/aromatic N) is 5. The van der Waals surface area contributed by atoms with E-state index in [2.05, 4.69) is 25.7 Å². The van der Waals surface area contributed by atoms with Crippen LogP contribution in [0, 0.1) is 12.8 Å². The highest BCUT2D eigenvalue weighted by atomic mass is 16.5. The van der Waals surface area contributed by atoms with Crippen molar-refractivity contribution in [2.45, 2.75) is 59.0 Å². The molecular weight excluding hydrogens is 578 g/mol. The van der Waals surface area contributed by atoms with Crippen LogP contribution in [0.2, 0.25) is 0 Å². The van der Waals surface area contributed by atoms with Gasteiger partial charge in [-0.15, -0.1) is 0 Å². The molecule has 2 bridgehead atoms. The monoisotopic (exact) mass is 619 g/mol. The predicted molar refractivity (Wildman–Crippen MR) is 165 cm³/mol. The molecule has 2 N–H and O–H groups in total.